The molecule has 0 unspecified atom stereocenters. The van der Waals surface area contributed by atoms with E-state index in [4.69, 9.17) is 0 Å². The number of carbonyl (C=O) groups excluding carboxylic acids is 2. The van der Waals surface area contributed by atoms with Gasteiger partial charge in [-0.05, 0) is 60.2 Å². The van der Waals surface area contributed by atoms with Gasteiger partial charge in [0.15, 0.2) is 0 Å². The number of hydrogen-bond acceptors (Lipinski definition) is 4. The minimum atomic E-state index is -0.350. The van der Waals surface area contributed by atoms with E-state index in [9.17, 15) is 14.7 Å². The largest absolute Gasteiger partial charge is 0.508 e. The normalized spacial score (nSPS) is 17.0. The molecule has 2 amide bonds. The van der Waals surface area contributed by atoms with Crippen molar-refractivity contribution in [2.24, 2.45) is 0 Å². The zero-order chi connectivity index (χ0) is 17.1. The number of imide groups is 1. The van der Waals surface area contributed by atoms with E-state index in [1.165, 1.54) is 12.1 Å². The molecule has 1 N–H and O–H groups in total. The lowest BCUT2D eigenvalue weighted by Gasteiger charge is -2.12. The molecular formula is C19H15NO3S. The van der Waals surface area contributed by atoms with Crippen molar-refractivity contribution in [3.05, 3.63) is 76.7 Å². The maximum absolute atomic E-state index is 12.5. The number of benzene rings is 2. The zero-order valence-corrected chi connectivity index (χ0v) is 13.8. The van der Waals surface area contributed by atoms with Gasteiger partial charge in [0.05, 0.1) is 10.6 Å². The minimum absolute atomic E-state index is 0.0860. The first-order valence-corrected chi connectivity index (χ1v) is 8.16. The van der Waals surface area contributed by atoms with Crippen LogP contribution in [-0.2, 0) is 4.79 Å². The summed E-state index contributed by atoms with van der Waals surface area (Å²) in [6.07, 6.45) is 3.67. The number of nitrogens with zero attached hydrogens (tertiary/aromatic N) is 1. The van der Waals surface area contributed by atoms with Crippen LogP contribution in [0.3, 0.4) is 0 Å². The fourth-order valence-electron chi connectivity index (χ4n) is 2.35. The molecular weight excluding hydrogens is 322 g/mol. The second-order valence-electron chi connectivity index (χ2n) is 5.33. The topological polar surface area (TPSA) is 57.6 Å². The monoisotopic (exact) mass is 337 g/mol. The van der Waals surface area contributed by atoms with Crippen molar-refractivity contribution in [2.75, 3.05) is 4.90 Å². The smallest absolute Gasteiger partial charge is 0.298 e. The van der Waals surface area contributed by atoms with E-state index in [1.54, 1.807) is 18.2 Å². The Kier molecular flexibility index (Phi) is 4.53. The Morgan fingerprint density at radius 1 is 1.04 bits per heavy atom. The number of phenolic OH excluding ortho intramolecular Hbond substituents is 1. The van der Waals surface area contributed by atoms with Gasteiger partial charge in [-0.3, -0.25) is 9.59 Å². The van der Waals surface area contributed by atoms with Crippen LogP contribution >= 0.6 is 11.8 Å². The molecule has 1 aliphatic rings. The summed E-state index contributed by atoms with van der Waals surface area (Å²) in [6, 6.07) is 15.7. The summed E-state index contributed by atoms with van der Waals surface area (Å²) >= 11 is 0.915. The predicted molar refractivity (Wildman–Crippen MR) is 96.8 cm³/mol. The van der Waals surface area contributed by atoms with E-state index in [-0.39, 0.29) is 16.9 Å². The van der Waals surface area contributed by atoms with Gasteiger partial charge >= 0.3 is 0 Å². The van der Waals surface area contributed by atoms with Crippen LogP contribution in [0.2, 0.25) is 0 Å². The Bertz CT molecular complexity index is 839. The van der Waals surface area contributed by atoms with Gasteiger partial charge in [0.25, 0.3) is 11.1 Å². The first kappa shape index (κ1) is 16.1. The van der Waals surface area contributed by atoms with Crippen molar-refractivity contribution in [3.63, 3.8) is 0 Å². The standard InChI is InChI=1S/C19H15NO3S/c1-13(11-14-5-3-2-4-6-14)12-17-18(22)20(19(23)24-17)15-7-9-16(21)10-8-15/h2-12,21H,1H3/b13-11+,17-12-. The van der Waals surface area contributed by atoms with Crippen molar-refractivity contribution < 1.29 is 14.7 Å². The van der Waals surface area contributed by atoms with Crippen molar-refractivity contribution in [2.45, 2.75) is 6.92 Å². The second kappa shape index (κ2) is 6.76. The third-order valence-electron chi connectivity index (χ3n) is 3.45. The summed E-state index contributed by atoms with van der Waals surface area (Å²) in [6.45, 7) is 1.89. The summed E-state index contributed by atoms with van der Waals surface area (Å²) in [5.41, 5.74) is 2.37. The quantitative estimate of drug-likeness (QED) is 0.833. The first-order valence-electron chi connectivity index (χ1n) is 7.35. The highest BCUT2D eigenvalue weighted by atomic mass is 32.2. The van der Waals surface area contributed by atoms with Gasteiger partial charge in [-0.15, -0.1) is 0 Å². The van der Waals surface area contributed by atoms with Gasteiger partial charge in [0.1, 0.15) is 5.75 Å². The zero-order valence-electron chi connectivity index (χ0n) is 13.0. The number of thioether (sulfide) groups is 1. The van der Waals surface area contributed by atoms with Crippen molar-refractivity contribution >= 4 is 34.7 Å². The van der Waals surface area contributed by atoms with E-state index < -0.39 is 0 Å². The lowest BCUT2D eigenvalue weighted by atomic mass is 10.1. The maximum Gasteiger partial charge on any atom is 0.298 e. The highest BCUT2D eigenvalue weighted by molar-refractivity contribution is 8.18. The van der Waals surface area contributed by atoms with Crippen LogP contribution in [0.25, 0.3) is 6.08 Å². The predicted octanol–water partition coefficient (Wildman–Crippen LogP) is 4.58. The Labute approximate surface area is 144 Å². The number of allylic oxidation sites excluding steroid dienone is 2. The molecule has 0 aromatic heterocycles. The molecule has 1 saturated heterocycles. The molecule has 3 rings (SSSR count). The van der Waals surface area contributed by atoms with Crippen LogP contribution in [0, 0.1) is 0 Å². The van der Waals surface area contributed by atoms with Crippen LogP contribution in [0.4, 0.5) is 10.5 Å². The van der Waals surface area contributed by atoms with Crippen molar-refractivity contribution in [1.82, 2.24) is 0 Å². The third kappa shape index (κ3) is 3.41. The van der Waals surface area contributed by atoms with E-state index in [2.05, 4.69) is 0 Å². The molecule has 0 radical (unpaired) electrons. The van der Waals surface area contributed by atoms with Crippen molar-refractivity contribution in [1.29, 1.82) is 0 Å². The SMILES string of the molecule is CC(/C=C1\SC(=O)N(c2ccc(O)cc2)C1=O)=C\c1ccccc1. The average Bonchev–Trinajstić information content (AvgIpc) is 2.83. The van der Waals surface area contributed by atoms with Crippen LogP contribution in [0.15, 0.2) is 71.2 Å². The van der Waals surface area contributed by atoms with E-state index in [0.717, 1.165) is 27.8 Å². The van der Waals surface area contributed by atoms with Gasteiger partial charge in [-0.1, -0.05) is 36.4 Å². The lowest BCUT2D eigenvalue weighted by Crippen LogP contribution is -2.27. The molecule has 1 aliphatic heterocycles. The Morgan fingerprint density at radius 3 is 2.38 bits per heavy atom. The Hall–Kier alpha value is -2.79. The van der Waals surface area contributed by atoms with Gasteiger partial charge in [-0.2, -0.15) is 0 Å². The summed E-state index contributed by atoms with van der Waals surface area (Å²) in [4.78, 5) is 26.2. The fraction of sp³-hybridized carbons (Fsp3) is 0.0526. The van der Waals surface area contributed by atoms with Gasteiger partial charge in [0, 0.05) is 0 Å². The highest BCUT2D eigenvalue weighted by Gasteiger charge is 2.36. The van der Waals surface area contributed by atoms with E-state index in [1.807, 2.05) is 43.3 Å². The molecule has 5 heteroatoms. The van der Waals surface area contributed by atoms with Gasteiger partial charge in [0.2, 0.25) is 0 Å². The van der Waals surface area contributed by atoms with Gasteiger partial charge < -0.3 is 5.11 Å². The van der Waals surface area contributed by atoms with E-state index >= 15 is 0 Å². The molecule has 0 saturated carbocycles. The number of anilines is 1. The fourth-order valence-corrected chi connectivity index (χ4v) is 3.24. The van der Waals surface area contributed by atoms with Crippen LogP contribution in [0.5, 0.6) is 5.75 Å². The molecule has 1 heterocycles. The minimum Gasteiger partial charge on any atom is -0.508 e. The molecule has 2 aromatic carbocycles. The molecule has 4 nitrogen and oxygen atoms in total. The molecule has 0 bridgehead atoms. The molecule has 0 spiro atoms. The molecule has 0 aliphatic carbocycles. The summed E-state index contributed by atoms with van der Waals surface area (Å²) in [5.74, 6) is -0.264. The first-order chi connectivity index (χ1) is 11.5. The number of hydrogen-bond donors (Lipinski definition) is 1. The summed E-state index contributed by atoms with van der Waals surface area (Å²) < 4.78 is 0. The highest BCUT2D eigenvalue weighted by Crippen LogP contribution is 2.35. The van der Waals surface area contributed by atoms with Crippen LogP contribution < -0.4 is 4.90 Å². The van der Waals surface area contributed by atoms with Crippen LogP contribution in [-0.4, -0.2) is 16.3 Å². The Morgan fingerprint density at radius 2 is 1.71 bits per heavy atom. The summed E-state index contributed by atoms with van der Waals surface area (Å²) in [5, 5.41) is 8.99. The number of carbonyl (C=O) groups is 2. The second-order valence-corrected chi connectivity index (χ2v) is 6.33. The Balaban J connectivity index is 1.85. The molecule has 2 aromatic rings. The van der Waals surface area contributed by atoms with Crippen LogP contribution in [0.1, 0.15) is 12.5 Å². The summed E-state index contributed by atoms with van der Waals surface area (Å²) in [7, 11) is 0. The molecule has 120 valence electrons. The number of phenols is 1. The molecule has 24 heavy (non-hydrogen) atoms. The van der Waals surface area contributed by atoms with Crippen molar-refractivity contribution in [3.8, 4) is 5.75 Å². The van der Waals surface area contributed by atoms with Gasteiger partial charge in [-0.25, -0.2) is 4.90 Å². The number of aromatic hydroxyl groups is 1. The maximum atomic E-state index is 12.5. The van der Waals surface area contributed by atoms with E-state index in [0.29, 0.717) is 10.6 Å². The third-order valence-corrected chi connectivity index (χ3v) is 4.32. The lowest BCUT2D eigenvalue weighted by molar-refractivity contribution is -0.113. The average molecular weight is 337 g/mol. The number of rotatable bonds is 3. The molecule has 0 atom stereocenters. The number of amides is 2. The molecule has 1 fully saturated rings.